The highest BCUT2D eigenvalue weighted by Gasteiger charge is 2.25. The molecule has 0 bridgehead atoms. The second kappa shape index (κ2) is 11.2. The van der Waals surface area contributed by atoms with Crippen molar-refractivity contribution in [3.05, 3.63) is 50.2 Å². The molecule has 0 spiro atoms. The van der Waals surface area contributed by atoms with Crippen LogP contribution in [-0.2, 0) is 16.0 Å². The molecule has 2 aromatic carbocycles. The summed E-state index contributed by atoms with van der Waals surface area (Å²) in [5.74, 6) is 0.328. The average Bonchev–Trinajstić information content (AvgIpc) is 2.55. The first-order chi connectivity index (χ1) is 13.8. The fourth-order valence-electron chi connectivity index (χ4n) is 2.42. The van der Waals surface area contributed by atoms with Gasteiger partial charge in [-0.2, -0.15) is 0 Å². The van der Waals surface area contributed by atoms with Crippen molar-refractivity contribution >= 4 is 102 Å². The molecule has 2 aromatic rings. The van der Waals surface area contributed by atoms with Crippen LogP contribution in [0.5, 0.6) is 11.5 Å². The molecule has 30 heavy (non-hydrogen) atoms. The van der Waals surface area contributed by atoms with Gasteiger partial charge >= 0.3 is 12.1 Å². The number of aliphatic carboxylic acids is 1. The number of halogens is 4. The summed E-state index contributed by atoms with van der Waals surface area (Å²) in [5.41, 5.74) is 0.0704. The van der Waals surface area contributed by atoms with Gasteiger partial charge in [-0.15, -0.1) is 0 Å². The van der Waals surface area contributed by atoms with Gasteiger partial charge in [-0.1, -0.05) is 0 Å². The standard InChI is InChI=1S/C20H19I4NO5/c1-20(2,3)30-19(28)25-16(18(26)27)6-10-4-14(23)17(15(24)5-10)29-13-8-11(21)7-12(22)9-13/h4-5,7-9,16H,6H2,1-3H3,(H,25,28)(H,26,27). The van der Waals surface area contributed by atoms with Crippen LogP contribution in [0.15, 0.2) is 30.3 Å². The summed E-state index contributed by atoms with van der Waals surface area (Å²) in [6, 6.07) is 8.59. The summed E-state index contributed by atoms with van der Waals surface area (Å²) in [6.45, 7) is 5.17. The first-order valence-corrected chi connectivity index (χ1v) is 13.0. The number of alkyl carbamates (subject to hydrolysis) is 1. The van der Waals surface area contributed by atoms with Crippen molar-refractivity contribution < 1.29 is 24.2 Å². The third-order valence-corrected chi connectivity index (χ3v) is 6.39. The zero-order valence-corrected chi connectivity index (χ0v) is 24.9. The number of ether oxygens (including phenoxy) is 2. The van der Waals surface area contributed by atoms with Gasteiger partial charge < -0.3 is 19.9 Å². The number of carboxylic acid groups (broad SMARTS) is 1. The fourth-order valence-corrected chi connectivity index (χ4v) is 6.42. The van der Waals surface area contributed by atoms with Crippen molar-refractivity contribution in [2.75, 3.05) is 0 Å². The second-order valence-electron chi connectivity index (χ2n) is 7.34. The van der Waals surface area contributed by atoms with Gasteiger partial charge in [-0.05, 0) is 147 Å². The Balaban J connectivity index is 2.20. The molecule has 0 heterocycles. The maximum absolute atomic E-state index is 12.0. The minimum Gasteiger partial charge on any atom is -0.480 e. The Morgan fingerprint density at radius 1 is 1.00 bits per heavy atom. The van der Waals surface area contributed by atoms with Gasteiger partial charge in [-0.3, -0.25) is 0 Å². The first-order valence-electron chi connectivity index (χ1n) is 8.68. The van der Waals surface area contributed by atoms with Crippen molar-refractivity contribution in [3.63, 3.8) is 0 Å². The van der Waals surface area contributed by atoms with Crippen molar-refractivity contribution in [2.45, 2.75) is 38.8 Å². The summed E-state index contributed by atoms with van der Waals surface area (Å²) in [4.78, 5) is 23.6. The lowest BCUT2D eigenvalue weighted by Crippen LogP contribution is -2.44. The predicted molar refractivity (Wildman–Crippen MR) is 148 cm³/mol. The number of carbonyl (C=O) groups is 2. The summed E-state index contributed by atoms with van der Waals surface area (Å²) in [5, 5.41) is 12.0. The van der Waals surface area contributed by atoms with Gasteiger partial charge in [0.05, 0.1) is 7.14 Å². The van der Waals surface area contributed by atoms with Gasteiger partial charge in [0.15, 0.2) is 5.75 Å². The van der Waals surface area contributed by atoms with E-state index < -0.39 is 23.7 Å². The molecule has 2 rings (SSSR count). The molecule has 10 heteroatoms. The van der Waals surface area contributed by atoms with Crippen LogP contribution in [0.1, 0.15) is 26.3 Å². The molecule has 0 saturated heterocycles. The summed E-state index contributed by atoms with van der Waals surface area (Å²) >= 11 is 8.83. The fraction of sp³-hybridized carbons (Fsp3) is 0.300. The van der Waals surface area contributed by atoms with Gasteiger partial charge in [0.25, 0.3) is 0 Å². The highest BCUT2D eigenvalue weighted by Crippen LogP contribution is 2.34. The maximum atomic E-state index is 12.0. The highest BCUT2D eigenvalue weighted by molar-refractivity contribution is 14.1. The average molecular weight is 861 g/mol. The maximum Gasteiger partial charge on any atom is 0.408 e. The molecule has 0 fully saturated rings. The lowest BCUT2D eigenvalue weighted by atomic mass is 10.1. The minimum absolute atomic E-state index is 0.127. The normalized spacial score (nSPS) is 12.2. The van der Waals surface area contributed by atoms with E-state index in [4.69, 9.17) is 9.47 Å². The highest BCUT2D eigenvalue weighted by atomic mass is 127. The third-order valence-electron chi connectivity index (χ3n) is 3.54. The molecule has 0 saturated carbocycles. The zero-order chi connectivity index (χ0) is 22.6. The largest absolute Gasteiger partial charge is 0.480 e. The lowest BCUT2D eigenvalue weighted by Gasteiger charge is -2.22. The zero-order valence-electron chi connectivity index (χ0n) is 16.3. The van der Waals surface area contributed by atoms with E-state index in [-0.39, 0.29) is 6.42 Å². The SMILES string of the molecule is CC(C)(C)OC(=O)NC(Cc1cc(I)c(Oc2cc(I)cc(I)c2)c(I)c1)C(=O)O. The van der Waals surface area contributed by atoms with Crippen molar-refractivity contribution in [3.8, 4) is 11.5 Å². The number of nitrogens with one attached hydrogen (secondary N) is 1. The minimum atomic E-state index is -1.13. The Hall–Kier alpha value is -0.100. The summed E-state index contributed by atoms with van der Waals surface area (Å²) in [6.07, 6.45) is -0.630. The first kappa shape index (κ1) is 26.2. The molecule has 0 radical (unpaired) electrons. The topological polar surface area (TPSA) is 84.9 Å². The number of hydrogen-bond acceptors (Lipinski definition) is 4. The predicted octanol–water partition coefficient (Wildman–Crippen LogP) is 6.42. The molecule has 1 unspecified atom stereocenters. The van der Waals surface area contributed by atoms with E-state index in [0.29, 0.717) is 5.75 Å². The number of benzene rings is 2. The van der Waals surface area contributed by atoms with Crippen LogP contribution in [0.25, 0.3) is 0 Å². The van der Waals surface area contributed by atoms with Gasteiger partial charge in [0.2, 0.25) is 0 Å². The van der Waals surface area contributed by atoms with Crippen LogP contribution in [0.4, 0.5) is 4.79 Å². The molecular weight excluding hydrogens is 842 g/mol. The van der Waals surface area contributed by atoms with E-state index in [2.05, 4.69) is 102 Å². The van der Waals surface area contributed by atoms with E-state index >= 15 is 0 Å². The van der Waals surface area contributed by atoms with Gasteiger partial charge in [0, 0.05) is 13.6 Å². The lowest BCUT2D eigenvalue weighted by molar-refractivity contribution is -0.139. The Labute approximate surface area is 229 Å². The molecule has 1 atom stereocenters. The van der Waals surface area contributed by atoms with Crippen LogP contribution in [-0.4, -0.2) is 28.8 Å². The van der Waals surface area contributed by atoms with E-state index in [1.807, 2.05) is 24.3 Å². The van der Waals surface area contributed by atoms with Crippen LogP contribution in [0.2, 0.25) is 0 Å². The smallest absolute Gasteiger partial charge is 0.408 e. The molecule has 1 amide bonds. The number of amides is 1. The molecule has 0 aliphatic rings. The monoisotopic (exact) mass is 861 g/mol. The van der Waals surface area contributed by atoms with Crippen molar-refractivity contribution in [1.29, 1.82) is 0 Å². The molecule has 0 aromatic heterocycles. The van der Waals surface area contributed by atoms with Gasteiger partial charge in [-0.25, -0.2) is 9.59 Å². The summed E-state index contributed by atoms with van der Waals surface area (Å²) in [7, 11) is 0. The van der Waals surface area contributed by atoms with Gasteiger partial charge in [0.1, 0.15) is 17.4 Å². The third kappa shape index (κ3) is 8.44. The molecule has 162 valence electrons. The molecule has 2 N–H and O–H groups in total. The molecular formula is C20H19I4NO5. The van der Waals surface area contributed by atoms with Crippen LogP contribution < -0.4 is 10.1 Å². The molecule has 6 nitrogen and oxygen atoms in total. The van der Waals surface area contributed by atoms with E-state index in [1.54, 1.807) is 20.8 Å². The van der Waals surface area contributed by atoms with Crippen molar-refractivity contribution in [2.24, 2.45) is 0 Å². The number of rotatable bonds is 6. The Bertz CT molecular complexity index is 915. The quantitative estimate of drug-likeness (QED) is 0.328. The second-order valence-corrected chi connectivity index (χ2v) is 12.2. The molecule has 0 aliphatic carbocycles. The summed E-state index contributed by atoms with van der Waals surface area (Å²) < 4.78 is 15.1. The Kier molecular flexibility index (Phi) is 9.73. The number of hydrogen-bond donors (Lipinski definition) is 2. The number of carbonyl (C=O) groups excluding carboxylic acids is 1. The van der Waals surface area contributed by atoms with Crippen LogP contribution >= 0.6 is 90.4 Å². The Morgan fingerprint density at radius 2 is 1.53 bits per heavy atom. The van der Waals surface area contributed by atoms with E-state index in [1.165, 1.54) is 0 Å². The molecule has 0 aliphatic heterocycles. The van der Waals surface area contributed by atoms with Crippen molar-refractivity contribution in [1.82, 2.24) is 5.32 Å². The van der Waals surface area contributed by atoms with Crippen LogP contribution in [0, 0.1) is 14.3 Å². The Morgan fingerprint density at radius 3 is 2.00 bits per heavy atom. The van der Waals surface area contributed by atoms with E-state index in [9.17, 15) is 14.7 Å². The van der Waals surface area contributed by atoms with Crippen LogP contribution in [0.3, 0.4) is 0 Å². The van der Waals surface area contributed by atoms with E-state index in [0.717, 1.165) is 25.6 Å². The number of carboxylic acids is 1.